The molecular weight excluding hydrogens is 210 g/mol. The number of hydrogen-bond donors (Lipinski definition) is 3. The van der Waals surface area contributed by atoms with E-state index in [0.29, 0.717) is 18.7 Å². The molecule has 0 fully saturated rings. The molecule has 1 rings (SSSR count). The molecule has 0 bridgehead atoms. The van der Waals surface area contributed by atoms with Crippen LogP contribution in [0.4, 0.5) is 0 Å². The zero-order valence-corrected chi connectivity index (χ0v) is 9.06. The number of rotatable bonds is 5. The second kappa shape index (κ2) is 5.97. The van der Waals surface area contributed by atoms with Gasteiger partial charge in [0.1, 0.15) is 11.5 Å². The molecule has 0 spiro atoms. The van der Waals surface area contributed by atoms with E-state index < -0.39 is 0 Å². The first-order valence-electron chi connectivity index (χ1n) is 4.95. The van der Waals surface area contributed by atoms with Crippen molar-refractivity contribution < 1.29 is 19.7 Å². The molecule has 0 atom stereocenters. The summed E-state index contributed by atoms with van der Waals surface area (Å²) in [7, 11) is 1.49. The molecule has 0 saturated heterocycles. The van der Waals surface area contributed by atoms with Gasteiger partial charge in [0.25, 0.3) is 5.91 Å². The first-order chi connectivity index (χ1) is 7.69. The monoisotopic (exact) mass is 225 g/mol. The summed E-state index contributed by atoms with van der Waals surface area (Å²) in [5.41, 5.74) is 0.164. The van der Waals surface area contributed by atoms with Crippen LogP contribution in [-0.2, 0) is 0 Å². The van der Waals surface area contributed by atoms with Crippen LogP contribution in [0.2, 0.25) is 0 Å². The molecule has 0 aliphatic carbocycles. The number of carbonyl (C=O) groups is 1. The lowest BCUT2D eigenvalue weighted by atomic mass is 10.1. The Balaban J connectivity index is 2.73. The Hall–Kier alpha value is -1.75. The van der Waals surface area contributed by atoms with E-state index in [4.69, 9.17) is 9.84 Å². The fourth-order valence-electron chi connectivity index (χ4n) is 1.20. The number of methoxy groups -OCH3 is 1. The lowest BCUT2D eigenvalue weighted by molar-refractivity contribution is 0.0948. The molecule has 5 nitrogen and oxygen atoms in total. The Kier molecular flexibility index (Phi) is 4.60. The molecule has 0 saturated carbocycles. The van der Waals surface area contributed by atoms with Crippen LogP contribution in [0.15, 0.2) is 18.2 Å². The minimum atomic E-state index is -0.384. The van der Waals surface area contributed by atoms with Gasteiger partial charge in [0.15, 0.2) is 0 Å². The summed E-state index contributed by atoms with van der Waals surface area (Å²) < 4.78 is 4.95. The van der Waals surface area contributed by atoms with Crippen molar-refractivity contribution >= 4 is 5.91 Å². The fourth-order valence-corrected chi connectivity index (χ4v) is 1.20. The van der Waals surface area contributed by atoms with Gasteiger partial charge in [-0.3, -0.25) is 4.79 Å². The van der Waals surface area contributed by atoms with Gasteiger partial charge >= 0.3 is 0 Å². The molecular formula is C11H15NO4. The van der Waals surface area contributed by atoms with Crippen molar-refractivity contribution in [2.45, 2.75) is 6.42 Å². The summed E-state index contributed by atoms with van der Waals surface area (Å²) in [4.78, 5) is 11.6. The molecule has 0 radical (unpaired) electrons. The standard InChI is InChI=1S/C11H15NO4/c1-16-8-3-4-10(14)9(7-8)11(15)12-5-2-6-13/h3-4,7,13-14H,2,5-6H2,1H3,(H,12,15). The summed E-state index contributed by atoms with van der Waals surface area (Å²) >= 11 is 0. The lowest BCUT2D eigenvalue weighted by Gasteiger charge is -2.07. The number of amides is 1. The van der Waals surface area contributed by atoms with Gasteiger partial charge in [-0.1, -0.05) is 0 Å². The van der Waals surface area contributed by atoms with Crippen LogP contribution in [0.5, 0.6) is 11.5 Å². The molecule has 88 valence electrons. The third-order valence-electron chi connectivity index (χ3n) is 2.07. The molecule has 5 heteroatoms. The van der Waals surface area contributed by atoms with Gasteiger partial charge in [0.05, 0.1) is 12.7 Å². The molecule has 1 aromatic carbocycles. The SMILES string of the molecule is COc1ccc(O)c(C(=O)NCCCO)c1. The van der Waals surface area contributed by atoms with Gasteiger partial charge < -0.3 is 20.3 Å². The van der Waals surface area contributed by atoms with Crippen LogP contribution in [-0.4, -0.2) is 36.4 Å². The molecule has 1 amide bonds. The number of hydrogen-bond acceptors (Lipinski definition) is 4. The number of aliphatic hydroxyl groups excluding tert-OH is 1. The number of phenolic OH excluding ortho intramolecular Hbond substituents is 1. The van der Waals surface area contributed by atoms with E-state index in [1.54, 1.807) is 6.07 Å². The van der Waals surface area contributed by atoms with Gasteiger partial charge in [0.2, 0.25) is 0 Å². The number of phenols is 1. The minimum absolute atomic E-state index is 0.0182. The van der Waals surface area contributed by atoms with Crippen LogP contribution < -0.4 is 10.1 Å². The van der Waals surface area contributed by atoms with E-state index in [1.165, 1.54) is 19.2 Å². The summed E-state index contributed by atoms with van der Waals surface area (Å²) in [6.07, 6.45) is 0.483. The zero-order chi connectivity index (χ0) is 12.0. The van der Waals surface area contributed by atoms with Crippen molar-refractivity contribution in [3.05, 3.63) is 23.8 Å². The van der Waals surface area contributed by atoms with E-state index in [9.17, 15) is 9.90 Å². The quantitative estimate of drug-likeness (QED) is 0.638. The highest BCUT2D eigenvalue weighted by molar-refractivity contribution is 5.97. The smallest absolute Gasteiger partial charge is 0.255 e. The van der Waals surface area contributed by atoms with Crippen molar-refractivity contribution in [3.8, 4) is 11.5 Å². The summed E-state index contributed by atoms with van der Waals surface area (Å²) in [6, 6.07) is 4.43. The van der Waals surface area contributed by atoms with Crippen molar-refractivity contribution in [1.29, 1.82) is 0 Å². The molecule has 0 unspecified atom stereocenters. The Labute approximate surface area is 93.7 Å². The lowest BCUT2D eigenvalue weighted by Crippen LogP contribution is -2.25. The van der Waals surface area contributed by atoms with Crippen LogP contribution in [0, 0.1) is 0 Å². The van der Waals surface area contributed by atoms with Crippen LogP contribution in [0.25, 0.3) is 0 Å². The molecule has 0 aliphatic rings. The minimum Gasteiger partial charge on any atom is -0.507 e. The van der Waals surface area contributed by atoms with E-state index in [0.717, 1.165) is 0 Å². The van der Waals surface area contributed by atoms with Gasteiger partial charge in [-0.15, -0.1) is 0 Å². The summed E-state index contributed by atoms with van der Waals surface area (Å²) in [6.45, 7) is 0.385. The average Bonchev–Trinajstić information content (AvgIpc) is 2.30. The highest BCUT2D eigenvalue weighted by Crippen LogP contribution is 2.22. The molecule has 0 aliphatic heterocycles. The normalized spacial score (nSPS) is 9.88. The van der Waals surface area contributed by atoms with Crippen molar-refractivity contribution in [2.24, 2.45) is 0 Å². The Morgan fingerprint density at radius 1 is 1.50 bits per heavy atom. The van der Waals surface area contributed by atoms with Crippen molar-refractivity contribution in [1.82, 2.24) is 5.32 Å². The average molecular weight is 225 g/mol. The van der Waals surface area contributed by atoms with Crippen LogP contribution in [0.1, 0.15) is 16.8 Å². The number of benzene rings is 1. The molecule has 16 heavy (non-hydrogen) atoms. The van der Waals surface area contributed by atoms with E-state index >= 15 is 0 Å². The van der Waals surface area contributed by atoms with Gasteiger partial charge in [-0.05, 0) is 24.6 Å². The first-order valence-corrected chi connectivity index (χ1v) is 4.95. The predicted octanol–water partition coefficient (Wildman–Crippen LogP) is 0.513. The topological polar surface area (TPSA) is 78.8 Å². The van der Waals surface area contributed by atoms with Crippen LogP contribution in [0.3, 0.4) is 0 Å². The maximum absolute atomic E-state index is 11.6. The number of aliphatic hydroxyl groups is 1. The third kappa shape index (κ3) is 3.13. The van der Waals surface area contributed by atoms with E-state index in [-0.39, 0.29) is 23.8 Å². The predicted molar refractivity (Wildman–Crippen MR) is 58.7 cm³/mol. The second-order valence-electron chi connectivity index (χ2n) is 3.22. The maximum Gasteiger partial charge on any atom is 0.255 e. The van der Waals surface area contributed by atoms with Gasteiger partial charge in [0, 0.05) is 13.2 Å². The maximum atomic E-state index is 11.6. The fraction of sp³-hybridized carbons (Fsp3) is 0.364. The summed E-state index contributed by atoms with van der Waals surface area (Å²) in [5.74, 6) is 0.0252. The molecule has 1 aromatic rings. The number of nitrogens with one attached hydrogen (secondary N) is 1. The Bertz CT molecular complexity index is 365. The number of carbonyl (C=O) groups excluding carboxylic acids is 1. The highest BCUT2D eigenvalue weighted by Gasteiger charge is 2.11. The Morgan fingerprint density at radius 2 is 2.25 bits per heavy atom. The zero-order valence-electron chi connectivity index (χ0n) is 9.06. The van der Waals surface area contributed by atoms with Crippen molar-refractivity contribution in [2.75, 3.05) is 20.3 Å². The highest BCUT2D eigenvalue weighted by atomic mass is 16.5. The molecule has 0 aromatic heterocycles. The van der Waals surface area contributed by atoms with Crippen LogP contribution >= 0.6 is 0 Å². The molecule has 0 heterocycles. The summed E-state index contributed by atoms with van der Waals surface area (Å²) in [5, 5.41) is 20.6. The first kappa shape index (κ1) is 12.3. The van der Waals surface area contributed by atoms with Gasteiger partial charge in [-0.25, -0.2) is 0 Å². The number of ether oxygens (including phenoxy) is 1. The Morgan fingerprint density at radius 3 is 2.88 bits per heavy atom. The van der Waals surface area contributed by atoms with Gasteiger partial charge in [-0.2, -0.15) is 0 Å². The van der Waals surface area contributed by atoms with E-state index in [2.05, 4.69) is 5.32 Å². The molecule has 3 N–H and O–H groups in total. The number of aromatic hydroxyl groups is 1. The largest absolute Gasteiger partial charge is 0.507 e. The van der Waals surface area contributed by atoms with E-state index in [1.807, 2.05) is 0 Å². The second-order valence-corrected chi connectivity index (χ2v) is 3.22. The third-order valence-corrected chi connectivity index (χ3v) is 2.07. The van der Waals surface area contributed by atoms with Crippen molar-refractivity contribution in [3.63, 3.8) is 0 Å².